The second kappa shape index (κ2) is 6.83. The third-order valence-corrected chi connectivity index (χ3v) is 5.70. The largest absolute Gasteiger partial charge is 0.510 e. The lowest BCUT2D eigenvalue weighted by molar-refractivity contribution is 0.411. The van der Waals surface area contributed by atoms with Crippen LogP contribution in [0.15, 0.2) is 47.5 Å². The van der Waals surface area contributed by atoms with Gasteiger partial charge in [-0.25, -0.2) is 13.8 Å². The number of aromatic nitrogens is 1. The van der Waals surface area contributed by atoms with Crippen molar-refractivity contribution < 1.29 is 13.9 Å². The van der Waals surface area contributed by atoms with Gasteiger partial charge in [0.1, 0.15) is 16.6 Å². The molecule has 2 N–H and O–H groups in total. The van der Waals surface area contributed by atoms with Crippen LogP contribution in [-0.4, -0.2) is 22.5 Å². The Morgan fingerprint density at radius 1 is 1.07 bits per heavy atom. The molecule has 0 spiro atoms. The van der Waals surface area contributed by atoms with Gasteiger partial charge in [-0.05, 0) is 43.2 Å². The molecule has 0 saturated heterocycles. The van der Waals surface area contributed by atoms with Crippen molar-refractivity contribution in [1.29, 1.82) is 5.41 Å². The van der Waals surface area contributed by atoms with Gasteiger partial charge in [0.25, 0.3) is 0 Å². The van der Waals surface area contributed by atoms with Crippen LogP contribution in [0.4, 0.5) is 14.5 Å². The number of rotatable bonds is 3. The summed E-state index contributed by atoms with van der Waals surface area (Å²) < 4.78 is 26.8. The van der Waals surface area contributed by atoms with Crippen molar-refractivity contribution in [3.63, 3.8) is 0 Å². The van der Waals surface area contributed by atoms with Gasteiger partial charge in [-0.2, -0.15) is 0 Å². The first kappa shape index (κ1) is 18.3. The summed E-state index contributed by atoms with van der Waals surface area (Å²) >= 11 is 1.33. The molecule has 0 unspecified atom stereocenters. The fraction of sp³-hybridized carbons (Fsp3) is 0.143. The molecule has 1 aromatic heterocycles. The zero-order valence-electron chi connectivity index (χ0n) is 15.3. The molecule has 28 heavy (non-hydrogen) atoms. The average Bonchev–Trinajstić information content (AvgIpc) is 3.24. The second-order valence-corrected chi connectivity index (χ2v) is 7.55. The number of aryl methyl sites for hydroxylation is 2. The van der Waals surface area contributed by atoms with Crippen LogP contribution in [-0.2, 0) is 0 Å². The predicted molar refractivity (Wildman–Crippen MR) is 108 cm³/mol. The highest BCUT2D eigenvalue weighted by atomic mass is 32.1. The molecule has 1 aliphatic heterocycles. The monoisotopic (exact) mass is 397 g/mol. The summed E-state index contributed by atoms with van der Waals surface area (Å²) in [6.07, 6.45) is 0. The van der Waals surface area contributed by atoms with Crippen LogP contribution in [0.3, 0.4) is 0 Å². The number of amidine groups is 1. The molecule has 142 valence electrons. The fourth-order valence-electron chi connectivity index (χ4n) is 3.10. The van der Waals surface area contributed by atoms with Crippen LogP contribution in [0.1, 0.15) is 16.1 Å². The van der Waals surface area contributed by atoms with Gasteiger partial charge in [-0.3, -0.25) is 5.41 Å². The third kappa shape index (κ3) is 3.07. The summed E-state index contributed by atoms with van der Waals surface area (Å²) in [5, 5.41) is 21.2. The summed E-state index contributed by atoms with van der Waals surface area (Å²) in [5.74, 6) is -1.96. The Hall–Kier alpha value is -3.06. The van der Waals surface area contributed by atoms with Gasteiger partial charge in [0.05, 0.1) is 17.8 Å². The van der Waals surface area contributed by atoms with E-state index in [1.165, 1.54) is 27.9 Å². The van der Waals surface area contributed by atoms with E-state index in [1.54, 1.807) is 0 Å². The minimum atomic E-state index is -0.996. The first-order valence-corrected chi connectivity index (χ1v) is 9.50. The molecule has 1 aliphatic rings. The molecule has 7 heteroatoms. The number of hydrogen-bond donors (Lipinski definition) is 2. The van der Waals surface area contributed by atoms with Crippen molar-refractivity contribution in [3.8, 4) is 11.3 Å². The molecule has 4 nitrogen and oxygen atoms in total. The second-order valence-electron chi connectivity index (χ2n) is 6.69. The minimum absolute atomic E-state index is 0.00416. The molecule has 0 aliphatic carbocycles. The van der Waals surface area contributed by atoms with E-state index < -0.39 is 11.6 Å². The number of aliphatic hydroxyl groups is 1. The Labute approximate surface area is 164 Å². The van der Waals surface area contributed by atoms with E-state index in [2.05, 4.69) is 11.1 Å². The third-order valence-electron chi connectivity index (χ3n) is 4.84. The number of hydrogen-bond acceptors (Lipinski definition) is 4. The van der Waals surface area contributed by atoms with Crippen molar-refractivity contribution in [2.75, 3.05) is 11.4 Å². The van der Waals surface area contributed by atoms with Crippen molar-refractivity contribution in [2.45, 2.75) is 13.8 Å². The van der Waals surface area contributed by atoms with Gasteiger partial charge in [-0.15, -0.1) is 11.3 Å². The maximum Gasteiger partial charge on any atom is 0.160 e. The minimum Gasteiger partial charge on any atom is -0.510 e. The van der Waals surface area contributed by atoms with E-state index in [9.17, 15) is 13.9 Å². The number of benzene rings is 2. The van der Waals surface area contributed by atoms with Crippen molar-refractivity contribution in [2.24, 2.45) is 0 Å². The molecule has 2 aromatic carbocycles. The molecular weight excluding hydrogens is 380 g/mol. The van der Waals surface area contributed by atoms with Crippen molar-refractivity contribution in [3.05, 3.63) is 75.3 Å². The normalized spacial score (nSPS) is 14.3. The van der Waals surface area contributed by atoms with E-state index >= 15 is 0 Å². The SMILES string of the molecule is Cc1ccc(-c2csc(C3=C(O)CN(c4ccc(F)c(F)c4)C3=N)n2)cc1C. The number of nitrogens with zero attached hydrogens (tertiary/aromatic N) is 2. The average molecular weight is 397 g/mol. The first-order valence-electron chi connectivity index (χ1n) is 8.62. The zero-order chi connectivity index (χ0) is 20.0. The molecule has 2 heterocycles. The van der Waals surface area contributed by atoms with E-state index in [0.29, 0.717) is 16.3 Å². The Morgan fingerprint density at radius 3 is 2.57 bits per heavy atom. The van der Waals surface area contributed by atoms with Gasteiger partial charge in [-0.1, -0.05) is 12.1 Å². The number of anilines is 1. The van der Waals surface area contributed by atoms with Crippen LogP contribution in [0.2, 0.25) is 0 Å². The lowest BCUT2D eigenvalue weighted by Crippen LogP contribution is -2.26. The van der Waals surface area contributed by atoms with Crippen LogP contribution in [0, 0.1) is 30.9 Å². The molecule has 0 atom stereocenters. The Morgan fingerprint density at radius 2 is 1.86 bits per heavy atom. The molecule has 0 radical (unpaired) electrons. The number of halogens is 2. The van der Waals surface area contributed by atoms with E-state index in [4.69, 9.17) is 5.41 Å². The topological polar surface area (TPSA) is 60.2 Å². The maximum atomic E-state index is 13.6. The Kier molecular flexibility index (Phi) is 4.47. The van der Waals surface area contributed by atoms with Gasteiger partial charge in [0.15, 0.2) is 11.6 Å². The maximum absolute atomic E-state index is 13.6. The molecule has 0 saturated carbocycles. The van der Waals surface area contributed by atoms with Gasteiger partial charge in [0.2, 0.25) is 0 Å². The van der Waals surface area contributed by atoms with Crippen molar-refractivity contribution in [1.82, 2.24) is 4.98 Å². The lowest BCUT2D eigenvalue weighted by Gasteiger charge is -2.18. The fourth-order valence-corrected chi connectivity index (χ4v) is 3.99. The molecular formula is C21H17F2N3OS. The molecule has 3 aromatic rings. The quantitative estimate of drug-likeness (QED) is 0.616. The number of aliphatic hydroxyl groups excluding tert-OH is 1. The highest BCUT2D eigenvalue weighted by Crippen LogP contribution is 2.35. The van der Waals surface area contributed by atoms with Gasteiger partial charge < -0.3 is 10.0 Å². The molecule has 4 rings (SSSR count). The summed E-state index contributed by atoms with van der Waals surface area (Å²) in [6.45, 7) is 4.09. The molecule has 0 bridgehead atoms. The standard InChI is InChI=1S/C21H17F2N3OS/c1-11-3-4-13(7-12(11)2)17-10-28-21(25-17)19-18(27)9-26(20(19)24)14-5-6-15(22)16(23)8-14/h3-8,10,24,27H,9H2,1-2H3. The summed E-state index contributed by atoms with van der Waals surface area (Å²) in [7, 11) is 0. The first-order chi connectivity index (χ1) is 13.3. The molecule has 0 fully saturated rings. The Balaban J connectivity index is 1.65. The predicted octanol–water partition coefficient (Wildman–Crippen LogP) is 5.47. The van der Waals surface area contributed by atoms with Crippen molar-refractivity contribution >= 4 is 28.4 Å². The highest BCUT2D eigenvalue weighted by Gasteiger charge is 2.31. The van der Waals surface area contributed by atoms with Crippen LogP contribution >= 0.6 is 11.3 Å². The van der Waals surface area contributed by atoms with E-state index in [1.807, 2.05) is 31.4 Å². The van der Waals surface area contributed by atoms with Crippen LogP contribution in [0.5, 0.6) is 0 Å². The number of thiazole rings is 1. The van der Waals surface area contributed by atoms with Gasteiger partial charge >= 0.3 is 0 Å². The van der Waals surface area contributed by atoms with E-state index in [-0.39, 0.29) is 18.1 Å². The zero-order valence-corrected chi connectivity index (χ0v) is 16.1. The summed E-state index contributed by atoms with van der Waals surface area (Å²) in [6, 6.07) is 9.48. The summed E-state index contributed by atoms with van der Waals surface area (Å²) in [5.41, 5.74) is 4.70. The van der Waals surface area contributed by atoms with Gasteiger partial charge in [0, 0.05) is 22.7 Å². The van der Waals surface area contributed by atoms with E-state index in [0.717, 1.165) is 29.0 Å². The lowest BCUT2D eigenvalue weighted by atomic mass is 10.1. The Bertz CT molecular complexity index is 1140. The highest BCUT2D eigenvalue weighted by molar-refractivity contribution is 7.11. The summed E-state index contributed by atoms with van der Waals surface area (Å²) in [4.78, 5) is 6.01. The number of nitrogens with one attached hydrogen (secondary N) is 1. The molecule has 0 amide bonds. The smallest absolute Gasteiger partial charge is 0.160 e. The van der Waals surface area contributed by atoms with Crippen LogP contribution in [0.25, 0.3) is 16.8 Å². The van der Waals surface area contributed by atoms with Crippen LogP contribution < -0.4 is 4.90 Å².